The molecular formula is C15H27F3IN7. The average Bonchev–Trinajstić information content (AvgIpc) is 3.10. The number of alkyl halides is 3. The third-order valence-electron chi connectivity index (χ3n) is 4.44. The Balaban J connectivity index is 0.00000338. The smallest absolute Gasteiger partial charge is 0.356 e. The van der Waals surface area contributed by atoms with Gasteiger partial charge in [0, 0.05) is 46.3 Å². The van der Waals surface area contributed by atoms with Crippen molar-refractivity contribution in [3.63, 3.8) is 0 Å². The van der Waals surface area contributed by atoms with Crippen LogP contribution in [-0.4, -0.2) is 82.5 Å². The number of nitrogens with zero attached hydrogens (tertiary/aromatic N) is 6. The van der Waals surface area contributed by atoms with Crippen LogP contribution in [0, 0.1) is 0 Å². The van der Waals surface area contributed by atoms with Crippen LogP contribution in [0.1, 0.15) is 19.8 Å². The third-order valence-corrected chi connectivity index (χ3v) is 4.44. The first kappa shape index (κ1) is 22.9. The Hall–Kier alpha value is -1.11. The molecule has 1 saturated heterocycles. The predicted molar refractivity (Wildman–Crippen MR) is 105 cm³/mol. The van der Waals surface area contributed by atoms with Crippen LogP contribution in [0.25, 0.3) is 0 Å². The van der Waals surface area contributed by atoms with Crippen LogP contribution in [-0.2, 0) is 6.54 Å². The van der Waals surface area contributed by atoms with Crippen molar-refractivity contribution in [2.24, 2.45) is 4.99 Å². The van der Waals surface area contributed by atoms with Gasteiger partial charge in [-0.1, -0.05) is 0 Å². The molecule has 1 aromatic heterocycles. The van der Waals surface area contributed by atoms with E-state index >= 15 is 0 Å². The van der Waals surface area contributed by atoms with Gasteiger partial charge < -0.3 is 14.8 Å². The first-order valence-electron chi connectivity index (χ1n) is 8.50. The molecule has 0 aliphatic carbocycles. The Kier molecular flexibility index (Phi) is 9.61. The van der Waals surface area contributed by atoms with Crippen molar-refractivity contribution in [3.05, 3.63) is 12.7 Å². The number of aliphatic imine (C=N–C) groups is 1. The van der Waals surface area contributed by atoms with E-state index in [0.29, 0.717) is 26.2 Å². The summed E-state index contributed by atoms with van der Waals surface area (Å²) in [5.41, 5.74) is 0. The minimum atomic E-state index is -4.17. The van der Waals surface area contributed by atoms with Gasteiger partial charge in [0.1, 0.15) is 18.7 Å². The molecule has 0 bridgehead atoms. The summed E-state index contributed by atoms with van der Waals surface area (Å²) in [6, 6.07) is -1.40. The molecule has 0 radical (unpaired) electrons. The highest BCUT2D eigenvalue weighted by Gasteiger charge is 2.41. The van der Waals surface area contributed by atoms with Crippen molar-refractivity contribution >= 4 is 29.9 Å². The second-order valence-electron chi connectivity index (χ2n) is 6.12. The van der Waals surface area contributed by atoms with Gasteiger partial charge in [0.15, 0.2) is 5.96 Å². The molecule has 1 atom stereocenters. The van der Waals surface area contributed by atoms with E-state index in [2.05, 4.69) is 20.5 Å². The molecule has 0 saturated carbocycles. The maximum absolute atomic E-state index is 12.8. The number of aromatic nitrogens is 3. The van der Waals surface area contributed by atoms with E-state index in [9.17, 15) is 13.2 Å². The summed E-state index contributed by atoms with van der Waals surface area (Å²) in [7, 11) is 1.70. The van der Waals surface area contributed by atoms with Crippen molar-refractivity contribution in [3.8, 4) is 0 Å². The number of halogens is 4. The first-order valence-corrected chi connectivity index (χ1v) is 8.50. The minimum absolute atomic E-state index is 0. The number of unbranched alkanes of at least 4 members (excludes halogenated alkanes) is 1. The molecule has 1 aliphatic heterocycles. The van der Waals surface area contributed by atoms with E-state index in [1.165, 1.54) is 11.8 Å². The molecule has 2 rings (SSSR count). The molecule has 2 heterocycles. The second kappa shape index (κ2) is 10.9. The van der Waals surface area contributed by atoms with Crippen LogP contribution in [0.4, 0.5) is 13.2 Å². The zero-order valence-electron chi connectivity index (χ0n) is 15.1. The summed E-state index contributed by atoms with van der Waals surface area (Å²) >= 11 is 0. The highest BCUT2D eigenvalue weighted by molar-refractivity contribution is 14.0. The van der Waals surface area contributed by atoms with Gasteiger partial charge in [0.2, 0.25) is 0 Å². The fourth-order valence-corrected chi connectivity index (χ4v) is 2.82. The average molecular weight is 489 g/mol. The Labute approximate surface area is 169 Å². The third kappa shape index (κ3) is 6.89. The molecule has 150 valence electrons. The SMILES string of the molecule is CN=C(NCCCCn1cnnc1)N1CCN(C(C)C(F)(F)F)CC1.I. The lowest BCUT2D eigenvalue weighted by atomic mass is 10.2. The normalized spacial score (nSPS) is 17.7. The van der Waals surface area contributed by atoms with E-state index in [0.717, 1.165) is 31.9 Å². The molecule has 7 nitrogen and oxygen atoms in total. The number of hydrogen-bond acceptors (Lipinski definition) is 4. The summed E-state index contributed by atoms with van der Waals surface area (Å²) in [5, 5.41) is 10.8. The number of rotatable bonds is 6. The zero-order chi connectivity index (χ0) is 18.3. The van der Waals surface area contributed by atoms with E-state index in [-0.39, 0.29) is 24.0 Å². The second-order valence-corrected chi connectivity index (χ2v) is 6.12. The summed E-state index contributed by atoms with van der Waals surface area (Å²) in [5.74, 6) is 0.753. The van der Waals surface area contributed by atoms with Crippen molar-refractivity contribution in [2.45, 2.75) is 38.5 Å². The van der Waals surface area contributed by atoms with Crippen molar-refractivity contribution in [1.82, 2.24) is 29.9 Å². The highest BCUT2D eigenvalue weighted by atomic mass is 127. The predicted octanol–water partition coefficient (Wildman–Crippen LogP) is 1.82. The van der Waals surface area contributed by atoms with Crippen LogP contribution >= 0.6 is 24.0 Å². The Bertz CT molecular complexity index is 528. The van der Waals surface area contributed by atoms with Gasteiger partial charge in [-0.3, -0.25) is 9.89 Å². The van der Waals surface area contributed by atoms with Gasteiger partial charge in [0.05, 0.1) is 0 Å². The van der Waals surface area contributed by atoms with Crippen LogP contribution in [0.2, 0.25) is 0 Å². The number of hydrogen-bond donors (Lipinski definition) is 1. The van der Waals surface area contributed by atoms with E-state index in [1.54, 1.807) is 19.7 Å². The quantitative estimate of drug-likeness (QED) is 0.286. The van der Waals surface area contributed by atoms with Gasteiger partial charge in [-0.2, -0.15) is 13.2 Å². The molecular weight excluding hydrogens is 462 g/mol. The van der Waals surface area contributed by atoms with Crippen LogP contribution in [0.5, 0.6) is 0 Å². The van der Waals surface area contributed by atoms with Crippen LogP contribution in [0.3, 0.4) is 0 Å². The molecule has 11 heteroatoms. The zero-order valence-corrected chi connectivity index (χ0v) is 17.4. The number of piperazine rings is 1. The lowest BCUT2D eigenvalue weighted by Crippen LogP contribution is -2.56. The molecule has 0 spiro atoms. The summed E-state index contributed by atoms with van der Waals surface area (Å²) in [6.45, 7) is 4.71. The topological polar surface area (TPSA) is 61.6 Å². The summed E-state index contributed by atoms with van der Waals surface area (Å²) < 4.78 is 40.3. The molecule has 1 N–H and O–H groups in total. The molecule has 1 aromatic rings. The standard InChI is InChI=1S/C15H26F3N7.HI/c1-13(15(16,17)18)24-7-9-25(10-8-24)14(19-2)20-5-3-4-6-23-11-21-22-12-23;/h11-13H,3-10H2,1-2H3,(H,19,20);1H. The number of aryl methyl sites for hydroxylation is 1. The Morgan fingerprint density at radius 2 is 1.77 bits per heavy atom. The van der Waals surface area contributed by atoms with Gasteiger partial charge in [0.25, 0.3) is 0 Å². The van der Waals surface area contributed by atoms with Crippen molar-refractivity contribution in [2.75, 3.05) is 39.8 Å². The van der Waals surface area contributed by atoms with Gasteiger partial charge >= 0.3 is 6.18 Å². The highest BCUT2D eigenvalue weighted by Crippen LogP contribution is 2.25. The lowest BCUT2D eigenvalue weighted by Gasteiger charge is -2.39. The van der Waals surface area contributed by atoms with E-state index in [4.69, 9.17) is 0 Å². The summed E-state index contributed by atoms with van der Waals surface area (Å²) in [6.07, 6.45) is 1.15. The largest absolute Gasteiger partial charge is 0.403 e. The first-order chi connectivity index (χ1) is 11.9. The number of nitrogens with one attached hydrogen (secondary N) is 1. The molecule has 26 heavy (non-hydrogen) atoms. The van der Waals surface area contributed by atoms with Crippen molar-refractivity contribution in [1.29, 1.82) is 0 Å². The maximum Gasteiger partial charge on any atom is 0.403 e. The van der Waals surface area contributed by atoms with E-state index in [1.807, 2.05) is 9.47 Å². The van der Waals surface area contributed by atoms with Gasteiger partial charge in [-0.25, -0.2) is 0 Å². The fourth-order valence-electron chi connectivity index (χ4n) is 2.82. The van der Waals surface area contributed by atoms with Crippen LogP contribution in [0.15, 0.2) is 17.6 Å². The summed E-state index contributed by atoms with van der Waals surface area (Å²) in [4.78, 5) is 7.73. The molecule has 1 fully saturated rings. The monoisotopic (exact) mass is 489 g/mol. The molecule has 0 amide bonds. The van der Waals surface area contributed by atoms with E-state index < -0.39 is 12.2 Å². The fraction of sp³-hybridized carbons (Fsp3) is 0.800. The molecule has 0 aromatic carbocycles. The molecule has 1 aliphatic rings. The maximum atomic E-state index is 12.8. The Morgan fingerprint density at radius 1 is 1.15 bits per heavy atom. The minimum Gasteiger partial charge on any atom is -0.356 e. The van der Waals surface area contributed by atoms with Gasteiger partial charge in [-0.05, 0) is 19.8 Å². The molecule has 1 unspecified atom stereocenters. The van der Waals surface area contributed by atoms with Gasteiger partial charge in [-0.15, -0.1) is 34.2 Å². The Morgan fingerprint density at radius 3 is 2.31 bits per heavy atom. The number of guanidine groups is 1. The van der Waals surface area contributed by atoms with Crippen molar-refractivity contribution < 1.29 is 13.2 Å². The lowest BCUT2D eigenvalue weighted by molar-refractivity contribution is -0.181. The van der Waals surface area contributed by atoms with Crippen LogP contribution < -0.4 is 5.32 Å².